The Bertz CT molecular complexity index is 579. The molecule has 0 heterocycles. The highest BCUT2D eigenvalue weighted by Gasteiger charge is 2.60. The van der Waals surface area contributed by atoms with Gasteiger partial charge in [-0.25, -0.2) is 0 Å². The highest BCUT2D eigenvalue weighted by molar-refractivity contribution is 5.79. The minimum atomic E-state index is 0.471. The van der Waals surface area contributed by atoms with E-state index in [1.807, 2.05) is 0 Å². The van der Waals surface area contributed by atoms with Crippen LogP contribution >= 0.6 is 0 Å². The molecule has 4 fully saturated rings. The normalized spacial score (nSPS) is 46.8. The maximum atomic E-state index is 12.1. The van der Waals surface area contributed by atoms with Gasteiger partial charge in [0.05, 0.1) is 0 Å². The van der Waals surface area contributed by atoms with Crippen molar-refractivity contribution in [3.63, 3.8) is 0 Å². The van der Waals surface area contributed by atoms with E-state index in [2.05, 4.69) is 34.6 Å². The summed E-state index contributed by atoms with van der Waals surface area (Å²) >= 11 is 0. The summed E-state index contributed by atoms with van der Waals surface area (Å²) < 4.78 is 0. The molecule has 160 valence electrons. The molecule has 0 N–H and O–H groups in total. The van der Waals surface area contributed by atoms with E-state index in [9.17, 15) is 4.79 Å². The quantitative estimate of drug-likeness (QED) is 0.473. The molecule has 0 aliphatic heterocycles. The van der Waals surface area contributed by atoms with E-state index in [1.165, 1.54) is 64.2 Å². The van der Waals surface area contributed by atoms with E-state index in [4.69, 9.17) is 0 Å². The van der Waals surface area contributed by atoms with Crippen LogP contribution in [0.1, 0.15) is 112 Å². The van der Waals surface area contributed by atoms with E-state index in [-0.39, 0.29) is 0 Å². The van der Waals surface area contributed by atoms with Crippen LogP contribution in [0.15, 0.2) is 0 Å². The van der Waals surface area contributed by atoms with Gasteiger partial charge >= 0.3 is 0 Å². The molecule has 4 rings (SSSR count). The number of fused-ring (bicyclic) bond motifs is 5. The lowest BCUT2D eigenvalue weighted by molar-refractivity contribution is -0.140. The topological polar surface area (TPSA) is 17.1 Å². The fourth-order valence-electron chi connectivity index (χ4n) is 9.07. The molecule has 0 amide bonds. The summed E-state index contributed by atoms with van der Waals surface area (Å²) in [6.45, 7) is 12.6. The maximum absolute atomic E-state index is 12.1. The van der Waals surface area contributed by atoms with Crippen molar-refractivity contribution in [3.8, 4) is 0 Å². The third kappa shape index (κ3) is 3.41. The molecule has 0 aromatic rings. The van der Waals surface area contributed by atoms with Crippen molar-refractivity contribution in [2.75, 3.05) is 0 Å². The third-order valence-electron chi connectivity index (χ3n) is 10.7. The number of Topliss-reactive ketones (excluding diaryl/α,β-unsaturated/α-hetero) is 1. The van der Waals surface area contributed by atoms with Gasteiger partial charge in [-0.05, 0) is 97.2 Å². The van der Waals surface area contributed by atoms with Crippen molar-refractivity contribution >= 4 is 5.78 Å². The largest absolute Gasteiger partial charge is 0.300 e. The van der Waals surface area contributed by atoms with Crippen LogP contribution in [0.2, 0.25) is 0 Å². The SMILES string of the molecule is CC(C)CCC[C@H](C)[C@@H]1CC[C@@H]2[C@H]3CC[C@H]4CC(=O)CC[C@]4(C)[C@@H]3CC[C@]21C. The number of ketones is 1. The molecule has 4 aliphatic rings. The Morgan fingerprint density at radius 3 is 2.39 bits per heavy atom. The molecule has 28 heavy (non-hydrogen) atoms. The smallest absolute Gasteiger partial charge is 0.133 e. The number of carbonyl (C=O) groups is 1. The van der Waals surface area contributed by atoms with Crippen LogP contribution in [-0.4, -0.2) is 5.78 Å². The first-order chi connectivity index (χ1) is 13.3. The zero-order valence-electron chi connectivity index (χ0n) is 19.4. The van der Waals surface area contributed by atoms with E-state index in [0.29, 0.717) is 22.5 Å². The van der Waals surface area contributed by atoms with Gasteiger partial charge in [-0.1, -0.05) is 53.9 Å². The molecule has 0 aromatic heterocycles. The van der Waals surface area contributed by atoms with Gasteiger partial charge in [-0.2, -0.15) is 0 Å². The average molecular weight is 387 g/mol. The molecule has 1 heteroatoms. The second-order valence-electron chi connectivity index (χ2n) is 12.4. The zero-order valence-corrected chi connectivity index (χ0v) is 19.4. The second kappa shape index (κ2) is 7.73. The summed E-state index contributed by atoms with van der Waals surface area (Å²) in [6.07, 6.45) is 15.9. The molecule has 8 atom stereocenters. The van der Waals surface area contributed by atoms with Gasteiger partial charge in [0.15, 0.2) is 0 Å². The lowest BCUT2D eigenvalue weighted by Gasteiger charge is -2.60. The van der Waals surface area contributed by atoms with Crippen LogP contribution in [0.3, 0.4) is 0 Å². The minimum Gasteiger partial charge on any atom is -0.300 e. The molecular weight excluding hydrogens is 340 g/mol. The molecule has 0 spiro atoms. The van der Waals surface area contributed by atoms with E-state index < -0.39 is 0 Å². The summed E-state index contributed by atoms with van der Waals surface area (Å²) in [7, 11) is 0. The summed E-state index contributed by atoms with van der Waals surface area (Å²) in [5.41, 5.74) is 1.07. The van der Waals surface area contributed by atoms with Crippen molar-refractivity contribution in [2.24, 2.45) is 52.3 Å². The lowest BCUT2D eigenvalue weighted by atomic mass is 9.44. The molecule has 0 bridgehead atoms. The van der Waals surface area contributed by atoms with Crippen LogP contribution in [0.25, 0.3) is 0 Å². The number of hydrogen-bond donors (Lipinski definition) is 0. The molecule has 4 aliphatic carbocycles. The van der Waals surface area contributed by atoms with Gasteiger partial charge in [0.25, 0.3) is 0 Å². The number of carbonyl (C=O) groups excluding carboxylic acids is 1. The molecule has 1 nitrogen and oxygen atoms in total. The summed E-state index contributed by atoms with van der Waals surface area (Å²) in [4.78, 5) is 12.1. The van der Waals surface area contributed by atoms with Crippen LogP contribution < -0.4 is 0 Å². The van der Waals surface area contributed by atoms with Crippen LogP contribution in [0.5, 0.6) is 0 Å². The van der Waals surface area contributed by atoms with Crippen LogP contribution in [0, 0.1) is 52.3 Å². The predicted molar refractivity (Wildman–Crippen MR) is 118 cm³/mol. The van der Waals surface area contributed by atoms with E-state index >= 15 is 0 Å². The first kappa shape index (κ1) is 20.9. The summed E-state index contributed by atoms with van der Waals surface area (Å²) in [6, 6.07) is 0. The molecule has 4 saturated carbocycles. The van der Waals surface area contributed by atoms with Crippen molar-refractivity contribution in [3.05, 3.63) is 0 Å². The number of rotatable bonds is 5. The second-order valence-corrected chi connectivity index (χ2v) is 12.4. The Balaban J connectivity index is 1.47. The Hall–Kier alpha value is -0.330. The Kier molecular flexibility index (Phi) is 5.78. The van der Waals surface area contributed by atoms with Crippen LogP contribution in [-0.2, 0) is 4.79 Å². The highest BCUT2D eigenvalue weighted by atomic mass is 16.1. The zero-order chi connectivity index (χ0) is 20.1. The van der Waals surface area contributed by atoms with Crippen molar-refractivity contribution in [1.82, 2.24) is 0 Å². The molecular formula is C27H46O. The van der Waals surface area contributed by atoms with Gasteiger partial charge in [-0.15, -0.1) is 0 Å². The Morgan fingerprint density at radius 2 is 1.64 bits per heavy atom. The Labute approximate surface area is 174 Å². The van der Waals surface area contributed by atoms with Crippen molar-refractivity contribution in [2.45, 2.75) is 112 Å². The first-order valence-electron chi connectivity index (χ1n) is 12.8. The molecule has 0 aromatic carbocycles. The van der Waals surface area contributed by atoms with Crippen LogP contribution in [0.4, 0.5) is 0 Å². The van der Waals surface area contributed by atoms with Gasteiger partial charge in [0.1, 0.15) is 5.78 Å². The predicted octanol–water partition coefficient (Wildman–Crippen LogP) is 7.68. The Morgan fingerprint density at radius 1 is 0.893 bits per heavy atom. The van der Waals surface area contributed by atoms with Crippen molar-refractivity contribution in [1.29, 1.82) is 0 Å². The fourth-order valence-corrected chi connectivity index (χ4v) is 9.07. The van der Waals surface area contributed by atoms with E-state index in [1.54, 1.807) is 0 Å². The molecule has 0 unspecified atom stereocenters. The minimum absolute atomic E-state index is 0.471. The molecule has 0 radical (unpaired) electrons. The van der Waals surface area contributed by atoms with Gasteiger partial charge in [0.2, 0.25) is 0 Å². The first-order valence-corrected chi connectivity index (χ1v) is 12.8. The maximum Gasteiger partial charge on any atom is 0.133 e. The third-order valence-corrected chi connectivity index (χ3v) is 10.7. The van der Waals surface area contributed by atoms with Gasteiger partial charge in [-0.3, -0.25) is 4.79 Å². The number of hydrogen-bond acceptors (Lipinski definition) is 1. The monoisotopic (exact) mass is 386 g/mol. The lowest BCUT2D eigenvalue weighted by Crippen LogP contribution is -2.53. The molecule has 0 saturated heterocycles. The standard InChI is InChI=1S/C27H46O/c1-18(2)7-6-8-19(3)23-11-12-24-22-10-9-20-17-21(28)13-15-26(20,4)25(22)14-16-27(23,24)5/h18-20,22-25H,6-17H2,1-5H3/t19-,20-,22+,23-,24+,25+,26-,27-/m0/s1. The fraction of sp³-hybridized carbons (Fsp3) is 0.963. The van der Waals surface area contributed by atoms with Gasteiger partial charge in [0, 0.05) is 12.8 Å². The van der Waals surface area contributed by atoms with Gasteiger partial charge < -0.3 is 0 Å². The average Bonchev–Trinajstić information content (AvgIpc) is 2.99. The highest BCUT2D eigenvalue weighted by Crippen LogP contribution is 2.68. The summed E-state index contributed by atoms with van der Waals surface area (Å²) in [5.74, 6) is 6.82. The van der Waals surface area contributed by atoms with E-state index in [0.717, 1.165) is 48.3 Å². The summed E-state index contributed by atoms with van der Waals surface area (Å²) in [5, 5.41) is 0. The van der Waals surface area contributed by atoms with Crippen molar-refractivity contribution < 1.29 is 4.79 Å².